The molecule has 0 fully saturated rings. The molecule has 0 bridgehead atoms. The van der Waals surface area contributed by atoms with Crippen LogP contribution >= 0.6 is 27.3 Å². The Morgan fingerprint density at radius 2 is 2.12 bits per heavy atom. The molecule has 5 nitrogen and oxygen atoms in total. The Kier molecular flexibility index (Phi) is 4.82. The topological polar surface area (TPSA) is 64.1 Å². The largest absolute Gasteiger partial charge is 0.477 e. The minimum atomic E-state index is -0.159. The molecule has 0 aliphatic carbocycles. The van der Waals surface area contributed by atoms with Gasteiger partial charge in [0.1, 0.15) is 11.2 Å². The first-order valence-electron chi connectivity index (χ1n) is 7.45. The van der Waals surface area contributed by atoms with Crippen LogP contribution in [0.5, 0.6) is 5.88 Å². The summed E-state index contributed by atoms with van der Waals surface area (Å²) >= 11 is 4.82. The summed E-state index contributed by atoms with van der Waals surface area (Å²) in [6.07, 6.45) is 1.46. The molecule has 1 aromatic carbocycles. The highest BCUT2D eigenvalue weighted by Crippen LogP contribution is 2.34. The Labute approximate surface area is 152 Å². The van der Waals surface area contributed by atoms with Crippen molar-refractivity contribution in [1.29, 1.82) is 0 Å². The number of carbonyl (C=O) groups excluding carboxylic acids is 1. The number of hydrogen-bond acceptors (Lipinski definition) is 5. The van der Waals surface area contributed by atoms with Crippen molar-refractivity contribution in [2.75, 3.05) is 11.9 Å². The summed E-state index contributed by atoms with van der Waals surface area (Å²) in [5.41, 5.74) is 2.69. The molecule has 2 aromatic heterocycles. The minimum Gasteiger partial charge on any atom is -0.477 e. The van der Waals surface area contributed by atoms with E-state index in [1.54, 1.807) is 0 Å². The fourth-order valence-corrected chi connectivity index (χ4v) is 3.77. The van der Waals surface area contributed by atoms with Crippen LogP contribution in [0, 0.1) is 13.8 Å². The average Bonchev–Trinajstić information content (AvgIpc) is 2.89. The number of aromatic nitrogens is 2. The Morgan fingerprint density at radius 3 is 2.83 bits per heavy atom. The lowest BCUT2D eigenvalue weighted by Crippen LogP contribution is -2.11. The van der Waals surface area contributed by atoms with Gasteiger partial charge < -0.3 is 10.1 Å². The summed E-state index contributed by atoms with van der Waals surface area (Å²) in [7, 11) is 0. The van der Waals surface area contributed by atoms with E-state index in [-0.39, 0.29) is 5.91 Å². The number of hydrogen-bond donors (Lipinski definition) is 1. The SMILES string of the molecule is CCOc1ncnc2sc(C(=O)Nc3ccc(C)c(Br)c3)c(C)c12. The van der Waals surface area contributed by atoms with Crippen LogP contribution in [0.4, 0.5) is 5.69 Å². The van der Waals surface area contributed by atoms with Gasteiger partial charge in [0.15, 0.2) is 0 Å². The highest BCUT2D eigenvalue weighted by molar-refractivity contribution is 9.10. The summed E-state index contributed by atoms with van der Waals surface area (Å²) < 4.78 is 6.51. The van der Waals surface area contributed by atoms with Crippen LogP contribution in [0.25, 0.3) is 10.2 Å². The number of rotatable bonds is 4. The maximum absolute atomic E-state index is 12.7. The lowest BCUT2D eigenvalue weighted by atomic mass is 10.2. The number of nitrogens with zero attached hydrogens (tertiary/aromatic N) is 2. The first kappa shape index (κ1) is 16.9. The standard InChI is InChI=1S/C17H16BrN3O2S/c1-4-23-16-13-10(3)14(24-17(13)20-8-19-16)15(22)21-11-6-5-9(2)12(18)7-11/h5-8H,4H2,1-3H3,(H,21,22). The van der Waals surface area contributed by atoms with Gasteiger partial charge in [0, 0.05) is 10.2 Å². The maximum Gasteiger partial charge on any atom is 0.266 e. The molecular weight excluding hydrogens is 390 g/mol. The molecule has 0 atom stereocenters. The van der Waals surface area contributed by atoms with E-state index in [4.69, 9.17) is 4.74 Å². The quantitative estimate of drug-likeness (QED) is 0.681. The molecule has 1 amide bonds. The number of carbonyl (C=O) groups is 1. The van der Waals surface area contributed by atoms with Gasteiger partial charge in [-0.1, -0.05) is 22.0 Å². The third kappa shape index (κ3) is 3.14. The van der Waals surface area contributed by atoms with Gasteiger partial charge in [0.2, 0.25) is 5.88 Å². The summed E-state index contributed by atoms with van der Waals surface area (Å²) in [5.74, 6) is 0.363. The van der Waals surface area contributed by atoms with Crippen molar-refractivity contribution in [3.63, 3.8) is 0 Å². The Hall–Kier alpha value is -1.99. The third-order valence-corrected chi connectivity index (χ3v) is 5.66. The van der Waals surface area contributed by atoms with Crippen LogP contribution in [0.15, 0.2) is 29.0 Å². The molecule has 0 spiro atoms. The number of anilines is 1. The van der Waals surface area contributed by atoms with Crippen molar-refractivity contribution >= 4 is 49.1 Å². The second-order valence-corrected chi connectivity index (χ2v) is 7.12. The fraction of sp³-hybridized carbons (Fsp3) is 0.235. The first-order valence-corrected chi connectivity index (χ1v) is 9.06. The molecule has 24 heavy (non-hydrogen) atoms. The van der Waals surface area contributed by atoms with Crippen molar-refractivity contribution < 1.29 is 9.53 Å². The molecule has 7 heteroatoms. The zero-order valence-corrected chi connectivity index (χ0v) is 15.9. The van der Waals surface area contributed by atoms with E-state index >= 15 is 0 Å². The highest BCUT2D eigenvalue weighted by atomic mass is 79.9. The predicted octanol–water partition coefficient (Wildman–Crippen LogP) is 4.72. The number of benzene rings is 1. The van der Waals surface area contributed by atoms with Crippen LogP contribution < -0.4 is 10.1 Å². The Bertz CT molecular complexity index is 924. The fourth-order valence-electron chi connectivity index (χ4n) is 2.36. The number of thiophene rings is 1. The van der Waals surface area contributed by atoms with Gasteiger partial charge in [-0.2, -0.15) is 0 Å². The van der Waals surface area contributed by atoms with Gasteiger partial charge >= 0.3 is 0 Å². The van der Waals surface area contributed by atoms with E-state index in [2.05, 4.69) is 31.2 Å². The molecule has 3 aromatic rings. The van der Waals surface area contributed by atoms with Crippen LogP contribution in [-0.2, 0) is 0 Å². The second-order valence-electron chi connectivity index (χ2n) is 5.27. The van der Waals surface area contributed by atoms with Gasteiger partial charge in [-0.3, -0.25) is 4.79 Å². The van der Waals surface area contributed by atoms with E-state index in [0.717, 1.165) is 31.5 Å². The molecule has 0 aliphatic rings. The summed E-state index contributed by atoms with van der Waals surface area (Å²) in [6, 6.07) is 5.73. The normalized spacial score (nSPS) is 10.8. The van der Waals surface area contributed by atoms with Gasteiger partial charge in [-0.25, -0.2) is 9.97 Å². The number of amides is 1. The molecule has 1 N–H and O–H groups in total. The van der Waals surface area contributed by atoms with Gasteiger partial charge in [-0.05, 0) is 44.0 Å². The molecular formula is C17H16BrN3O2S. The summed E-state index contributed by atoms with van der Waals surface area (Å²) in [6.45, 7) is 6.31. The van der Waals surface area contributed by atoms with E-state index in [9.17, 15) is 4.79 Å². The monoisotopic (exact) mass is 405 g/mol. The maximum atomic E-state index is 12.7. The van der Waals surface area contributed by atoms with Crippen LogP contribution in [0.3, 0.4) is 0 Å². The van der Waals surface area contributed by atoms with Gasteiger partial charge in [0.05, 0.1) is 16.9 Å². The zero-order valence-electron chi connectivity index (χ0n) is 13.5. The number of nitrogens with one attached hydrogen (secondary N) is 1. The predicted molar refractivity (Wildman–Crippen MR) is 100 cm³/mol. The third-order valence-electron chi connectivity index (χ3n) is 3.61. The number of ether oxygens (including phenoxy) is 1. The smallest absolute Gasteiger partial charge is 0.266 e. The Balaban J connectivity index is 1.96. The molecule has 124 valence electrons. The molecule has 0 saturated heterocycles. The van der Waals surface area contributed by atoms with Crippen molar-refractivity contribution in [3.05, 3.63) is 45.0 Å². The number of aryl methyl sites for hydroxylation is 2. The average molecular weight is 406 g/mol. The lowest BCUT2D eigenvalue weighted by Gasteiger charge is -2.07. The van der Waals surface area contributed by atoms with E-state index in [1.165, 1.54) is 17.7 Å². The van der Waals surface area contributed by atoms with Crippen molar-refractivity contribution in [2.45, 2.75) is 20.8 Å². The van der Waals surface area contributed by atoms with Crippen LogP contribution in [0.1, 0.15) is 27.7 Å². The van der Waals surface area contributed by atoms with E-state index < -0.39 is 0 Å². The first-order chi connectivity index (χ1) is 11.5. The molecule has 2 heterocycles. The number of halogens is 1. The van der Waals surface area contributed by atoms with E-state index in [1.807, 2.05) is 39.0 Å². The molecule has 0 unspecified atom stereocenters. The summed E-state index contributed by atoms with van der Waals surface area (Å²) in [4.78, 5) is 22.5. The van der Waals surface area contributed by atoms with Crippen molar-refractivity contribution in [2.24, 2.45) is 0 Å². The van der Waals surface area contributed by atoms with E-state index in [0.29, 0.717) is 17.4 Å². The van der Waals surface area contributed by atoms with Crippen molar-refractivity contribution in [1.82, 2.24) is 9.97 Å². The van der Waals surface area contributed by atoms with Crippen LogP contribution in [0.2, 0.25) is 0 Å². The molecule has 0 aliphatic heterocycles. The number of fused-ring (bicyclic) bond motifs is 1. The van der Waals surface area contributed by atoms with Crippen molar-refractivity contribution in [3.8, 4) is 5.88 Å². The lowest BCUT2D eigenvalue weighted by molar-refractivity contribution is 0.103. The highest BCUT2D eigenvalue weighted by Gasteiger charge is 2.20. The minimum absolute atomic E-state index is 0.159. The molecule has 3 rings (SSSR count). The van der Waals surface area contributed by atoms with Gasteiger partial charge in [0.25, 0.3) is 5.91 Å². The zero-order chi connectivity index (χ0) is 17.3. The Morgan fingerprint density at radius 1 is 1.33 bits per heavy atom. The van der Waals surface area contributed by atoms with Gasteiger partial charge in [-0.15, -0.1) is 11.3 Å². The summed E-state index contributed by atoms with van der Waals surface area (Å²) in [5, 5.41) is 3.74. The molecule has 0 radical (unpaired) electrons. The van der Waals surface area contributed by atoms with Crippen LogP contribution in [-0.4, -0.2) is 22.5 Å². The molecule has 0 saturated carbocycles. The second kappa shape index (κ2) is 6.86.